The van der Waals surface area contributed by atoms with Gasteiger partial charge >= 0.3 is 0 Å². The van der Waals surface area contributed by atoms with Gasteiger partial charge in [-0.05, 0) is 38.5 Å². The van der Waals surface area contributed by atoms with Crippen molar-refractivity contribution < 1.29 is 9.59 Å². The minimum Gasteiger partial charge on any atom is -0.508 e. The largest absolute Gasteiger partial charge is 0.508 e. The molecule has 0 fully saturated rings. The number of hydrogen-bond acceptors (Lipinski definition) is 1. The van der Waals surface area contributed by atoms with Crippen LogP contribution in [-0.4, -0.2) is 22.7 Å². The van der Waals surface area contributed by atoms with E-state index in [0.717, 1.165) is 23.1 Å². The van der Waals surface area contributed by atoms with Gasteiger partial charge in [-0.1, -0.05) is 0 Å². The molecule has 82 valence electrons. The highest BCUT2D eigenvalue weighted by Crippen LogP contribution is 2.34. The van der Waals surface area contributed by atoms with Gasteiger partial charge in [0, 0.05) is 11.1 Å². The van der Waals surface area contributed by atoms with Crippen molar-refractivity contribution in [3.05, 3.63) is 28.8 Å². The monoisotopic (exact) mass is 206 g/mol. The molecule has 1 aliphatic rings. The van der Waals surface area contributed by atoms with Crippen molar-refractivity contribution >= 4 is 0 Å². The van der Waals surface area contributed by atoms with E-state index in [9.17, 15) is 5.11 Å². The number of fused-ring (bicyclic) bond motifs is 1. The number of phenolic OH excluding ortho intramolecular Hbond substituents is 1. The Morgan fingerprint density at radius 1 is 1.20 bits per heavy atom. The maximum Gasteiger partial charge on any atom is 0.119 e. The van der Waals surface area contributed by atoms with Crippen molar-refractivity contribution in [2.45, 2.75) is 39.9 Å². The molecule has 0 aliphatic carbocycles. The smallest absolute Gasteiger partial charge is 0.119 e. The molecule has 15 heavy (non-hydrogen) atoms. The van der Waals surface area contributed by atoms with Gasteiger partial charge in [-0.25, -0.2) is 0 Å². The summed E-state index contributed by atoms with van der Waals surface area (Å²) in [5.41, 5.74) is 3.71. The van der Waals surface area contributed by atoms with E-state index in [1.54, 1.807) is 0 Å². The predicted octanol–water partition coefficient (Wildman–Crippen LogP) is 2.57. The van der Waals surface area contributed by atoms with Crippen molar-refractivity contribution in [3.8, 4) is 5.75 Å². The number of quaternary nitrogens is 1. The number of phenols is 1. The van der Waals surface area contributed by atoms with Gasteiger partial charge in [0.15, 0.2) is 0 Å². The summed E-state index contributed by atoms with van der Waals surface area (Å²) in [4.78, 5) is 0. The molecule has 0 saturated carbocycles. The first-order valence-corrected chi connectivity index (χ1v) is 5.58. The van der Waals surface area contributed by atoms with E-state index in [2.05, 4.69) is 27.0 Å². The summed E-state index contributed by atoms with van der Waals surface area (Å²) >= 11 is 0. The fourth-order valence-corrected chi connectivity index (χ4v) is 2.29. The van der Waals surface area contributed by atoms with Crippen LogP contribution in [0.15, 0.2) is 12.1 Å². The lowest BCUT2D eigenvalue weighted by atomic mass is 10.1. The SMILES string of the molecule is Cc1cc2c(cc1O)C[N+](C)(C(C)C)C2. The maximum atomic E-state index is 9.69. The average Bonchev–Trinajstić information content (AvgIpc) is 2.43. The molecular weight excluding hydrogens is 186 g/mol. The fourth-order valence-electron chi connectivity index (χ4n) is 2.29. The van der Waals surface area contributed by atoms with Gasteiger partial charge < -0.3 is 9.59 Å². The van der Waals surface area contributed by atoms with E-state index in [4.69, 9.17) is 0 Å². The number of rotatable bonds is 1. The lowest BCUT2D eigenvalue weighted by Crippen LogP contribution is -2.44. The molecule has 1 aromatic rings. The van der Waals surface area contributed by atoms with Crippen molar-refractivity contribution in [2.75, 3.05) is 7.05 Å². The topological polar surface area (TPSA) is 20.2 Å². The van der Waals surface area contributed by atoms with Gasteiger partial charge in [0.05, 0.1) is 13.1 Å². The third-order valence-corrected chi connectivity index (χ3v) is 3.83. The Kier molecular flexibility index (Phi) is 2.27. The molecule has 0 spiro atoms. The lowest BCUT2D eigenvalue weighted by molar-refractivity contribution is -0.948. The van der Waals surface area contributed by atoms with E-state index in [0.29, 0.717) is 11.8 Å². The van der Waals surface area contributed by atoms with Crippen molar-refractivity contribution in [1.29, 1.82) is 0 Å². The summed E-state index contributed by atoms with van der Waals surface area (Å²) in [6, 6.07) is 4.70. The number of benzene rings is 1. The molecule has 0 aromatic heterocycles. The molecule has 2 nitrogen and oxygen atoms in total. The van der Waals surface area contributed by atoms with Gasteiger partial charge in [-0.15, -0.1) is 0 Å². The van der Waals surface area contributed by atoms with Gasteiger partial charge in [0.25, 0.3) is 0 Å². The highest BCUT2D eigenvalue weighted by Gasteiger charge is 2.34. The summed E-state index contributed by atoms with van der Waals surface area (Å²) in [7, 11) is 2.29. The molecule has 0 bridgehead atoms. The Bertz CT molecular complexity index is 365. The molecule has 0 saturated heterocycles. The van der Waals surface area contributed by atoms with Crippen LogP contribution in [0.25, 0.3) is 0 Å². The third kappa shape index (κ3) is 1.63. The zero-order chi connectivity index (χ0) is 11.2. The first-order chi connectivity index (χ1) is 6.92. The summed E-state index contributed by atoms with van der Waals surface area (Å²) in [6.45, 7) is 8.62. The van der Waals surface area contributed by atoms with Gasteiger partial charge in [-0.2, -0.15) is 0 Å². The zero-order valence-electron chi connectivity index (χ0n) is 10.0. The minimum atomic E-state index is 0.436. The molecule has 2 heteroatoms. The molecule has 1 unspecified atom stereocenters. The second kappa shape index (κ2) is 3.24. The third-order valence-electron chi connectivity index (χ3n) is 3.83. The molecule has 1 heterocycles. The number of nitrogens with zero attached hydrogens (tertiary/aromatic N) is 1. The Hall–Kier alpha value is -1.02. The molecule has 1 aromatic carbocycles. The number of hydrogen-bond donors (Lipinski definition) is 1. The van der Waals surface area contributed by atoms with Crippen LogP contribution in [0, 0.1) is 6.92 Å². The summed E-state index contributed by atoms with van der Waals surface area (Å²) in [5.74, 6) is 0.436. The van der Waals surface area contributed by atoms with Gasteiger partial charge in [-0.3, -0.25) is 0 Å². The summed E-state index contributed by atoms with van der Waals surface area (Å²) < 4.78 is 1.05. The predicted molar refractivity (Wildman–Crippen MR) is 61.6 cm³/mol. The fraction of sp³-hybridized carbons (Fsp3) is 0.538. The van der Waals surface area contributed by atoms with Crippen LogP contribution in [0.4, 0.5) is 0 Å². The molecule has 1 atom stereocenters. The van der Waals surface area contributed by atoms with Crippen LogP contribution in [0.1, 0.15) is 30.5 Å². The van der Waals surface area contributed by atoms with Gasteiger partial charge in [0.1, 0.15) is 18.8 Å². The van der Waals surface area contributed by atoms with E-state index in [1.807, 2.05) is 13.0 Å². The van der Waals surface area contributed by atoms with E-state index in [-0.39, 0.29) is 0 Å². The molecule has 0 radical (unpaired) electrons. The first kappa shape index (κ1) is 10.5. The quantitative estimate of drug-likeness (QED) is 0.700. The molecule has 0 amide bonds. The molecule has 1 aliphatic heterocycles. The van der Waals surface area contributed by atoms with Crippen LogP contribution >= 0.6 is 0 Å². The minimum absolute atomic E-state index is 0.436. The number of aryl methyl sites for hydroxylation is 1. The Balaban J connectivity index is 2.39. The Morgan fingerprint density at radius 2 is 1.73 bits per heavy atom. The van der Waals surface area contributed by atoms with Crippen molar-refractivity contribution in [2.24, 2.45) is 0 Å². The average molecular weight is 206 g/mol. The van der Waals surface area contributed by atoms with Gasteiger partial charge in [0.2, 0.25) is 0 Å². The highest BCUT2D eigenvalue weighted by molar-refractivity contribution is 5.41. The maximum absolute atomic E-state index is 9.69. The zero-order valence-corrected chi connectivity index (χ0v) is 10.0. The van der Waals surface area contributed by atoms with Crippen LogP contribution < -0.4 is 0 Å². The Labute approximate surface area is 91.7 Å². The normalized spacial score (nSPS) is 24.6. The summed E-state index contributed by atoms with van der Waals surface area (Å²) in [6.07, 6.45) is 0. The highest BCUT2D eigenvalue weighted by atomic mass is 16.3. The van der Waals surface area contributed by atoms with Crippen LogP contribution in [0.2, 0.25) is 0 Å². The van der Waals surface area contributed by atoms with E-state index in [1.165, 1.54) is 11.1 Å². The number of aromatic hydroxyl groups is 1. The van der Waals surface area contributed by atoms with Crippen LogP contribution in [-0.2, 0) is 13.1 Å². The second-order valence-corrected chi connectivity index (χ2v) is 5.30. The van der Waals surface area contributed by atoms with E-state index < -0.39 is 0 Å². The van der Waals surface area contributed by atoms with Crippen LogP contribution in [0.3, 0.4) is 0 Å². The molecule has 1 N–H and O–H groups in total. The second-order valence-electron chi connectivity index (χ2n) is 5.30. The standard InChI is InChI=1S/C13H19NO/c1-9(2)14(4)7-11-5-10(3)13(15)6-12(11)8-14/h5-6,9H,7-8H2,1-4H3/p+1. The lowest BCUT2D eigenvalue weighted by Gasteiger charge is -2.33. The Morgan fingerprint density at radius 3 is 2.27 bits per heavy atom. The first-order valence-electron chi connectivity index (χ1n) is 5.58. The van der Waals surface area contributed by atoms with Crippen molar-refractivity contribution in [3.63, 3.8) is 0 Å². The van der Waals surface area contributed by atoms with Crippen molar-refractivity contribution in [1.82, 2.24) is 0 Å². The van der Waals surface area contributed by atoms with Crippen LogP contribution in [0.5, 0.6) is 5.75 Å². The molecular formula is C13H20NO+. The van der Waals surface area contributed by atoms with E-state index >= 15 is 0 Å². The molecule has 2 rings (SSSR count). The summed E-state index contributed by atoms with van der Waals surface area (Å²) in [5, 5.41) is 9.69.